The molecule has 0 aliphatic carbocycles. The molecule has 2 heterocycles. The molecule has 3 aromatic rings. The topological polar surface area (TPSA) is 97.6 Å². The maximum absolute atomic E-state index is 13.4. The molecular weight excluding hydrogens is 468 g/mol. The van der Waals surface area contributed by atoms with Crippen molar-refractivity contribution in [1.29, 1.82) is 0 Å². The molecule has 0 saturated carbocycles. The van der Waals surface area contributed by atoms with Crippen LogP contribution in [0.5, 0.6) is 17.2 Å². The van der Waals surface area contributed by atoms with Gasteiger partial charge in [-0.25, -0.2) is 4.90 Å². The number of anilines is 1. The molecule has 1 unspecified atom stereocenters. The highest BCUT2D eigenvalue weighted by atomic mass is 32.2. The Kier molecular flexibility index (Phi) is 7.30. The van der Waals surface area contributed by atoms with Crippen LogP contribution in [-0.2, 0) is 4.79 Å². The number of unbranched alkanes of at least 4 members (excludes halogenated alkanes) is 1. The second-order valence-electron chi connectivity index (χ2n) is 7.98. The second kappa shape index (κ2) is 10.4. The van der Waals surface area contributed by atoms with E-state index in [1.54, 1.807) is 43.0 Å². The molecule has 1 N–H and O–H groups in total. The van der Waals surface area contributed by atoms with E-state index < -0.39 is 6.17 Å². The average molecular weight is 498 g/mol. The van der Waals surface area contributed by atoms with Crippen molar-refractivity contribution in [2.24, 2.45) is 0 Å². The minimum Gasteiger partial charge on any atom is -0.496 e. The Balaban J connectivity index is 2.04. The minimum atomic E-state index is -0.792. The summed E-state index contributed by atoms with van der Waals surface area (Å²) in [6, 6.07) is 10.8. The highest BCUT2D eigenvalue weighted by Gasteiger charge is 2.46. The molecule has 4 rings (SSSR count). The van der Waals surface area contributed by atoms with Gasteiger partial charge >= 0.3 is 11.3 Å². The van der Waals surface area contributed by atoms with Crippen LogP contribution in [0, 0.1) is 0 Å². The predicted octanol–water partition coefficient (Wildman–Crippen LogP) is 3.56. The number of methoxy groups -OCH3 is 3. The summed E-state index contributed by atoms with van der Waals surface area (Å²) in [5.74, 6) is 2.03. The Morgan fingerprint density at radius 3 is 2.46 bits per heavy atom. The van der Waals surface area contributed by atoms with Gasteiger partial charge in [-0.15, -0.1) is 0 Å². The standard InChI is InChI=1S/C25H28N4O5S/c1-6-7-12-35-25-26-23(31)22-16-10-8-9-11-18(16)28(15(2)30)24(29(22)27-25)17-13-20(33-4)21(34-5)14-19(17)32-3/h8-11,13-14,24H,6-7,12H2,1-5H3/p+1. The van der Waals surface area contributed by atoms with Gasteiger partial charge in [0.25, 0.3) is 6.17 Å². The summed E-state index contributed by atoms with van der Waals surface area (Å²) in [7, 11) is 4.63. The zero-order valence-electron chi connectivity index (χ0n) is 20.5. The van der Waals surface area contributed by atoms with Gasteiger partial charge in [-0.3, -0.25) is 14.6 Å². The van der Waals surface area contributed by atoms with Gasteiger partial charge in [0.15, 0.2) is 11.5 Å². The summed E-state index contributed by atoms with van der Waals surface area (Å²) in [6.07, 6.45) is 1.23. The number of H-pyrrole nitrogens is 1. The van der Waals surface area contributed by atoms with Crippen LogP contribution in [0.1, 0.15) is 38.4 Å². The van der Waals surface area contributed by atoms with Crippen LogP contribution in [0.2, 0.25) is 0 Å². The highest BCUT2D eigenvalue weighted by molar-refractivity contribution is 7.99. The molecule has 0 saturated heterocycles. The number of nitrogens with one attached hydrogen (secondary N) is 1. The molecule has 35 heavy (non-hydrogen) atoms. The fourth-order valence-corrected chi connectivity index (χ4v) is 5.16. The van der Waals surface area contributed by atoms with Crippen molar-refractivity contribution in [3.05, 3.63) is 52.3 Å². The first-order valence-electron chi connectivity index (χ1n) is 11.3. The van der Waals surface area contributed by atoms with E-state index in [4.69, 9.17) is 19.3 Å². The smallest absolute Gasteiger partial charge is 0.325 e. The van der Waals surface area contributed by atoms with E-state index in [2.05, 4.69) is 11.9 Å². The number of nitrogens with zero attached hydrogens (tertiary/aromatic N) is 3. The quantitative estimate of drug-likeness (QED) is 0.289. The van der Waals surface area contributed by atoms with E-state index in [1.807, 2.05) is 24.3 Å². The van der Waals surface area contributed by atoms with Crippen LogP contribution < -0.4 is 29.4 Å². The number of ether oxygens (including phenoxy) is 3. The lowest BCUT2D eigenvalue weighted by Gasteiger charge is -2.32. The van der Waals surface area contributed by atoms with Crippen molar-refractivity contribution in [2.75, 3.05) is 32.0 Å². The van der Waals surface area contributed by atoms with Crippen LogP contribution in [0.15, 0.2) is 46.3 Å². The van der Waals surface area contributed by atoms with Crippen molar-refractivity contribution < 1.29 is 23.7 Å². The number of rotatable bonds is 8. The molecule has 10 heteroatoms. The SMILES string of the molecule is CCCCSc1n[n+]2c(c(=O)[nH]1)-c1ccccc1N(C(C)=O)C2c1cc(OC)c(OC)cc1OC. The van der Waals surface area contributed by atoms with Gasteiger partial charge in [0.05, 0.1) is 38.1 Å². The molecule has 9 nitrogen and oxygen atoms in total. The lowest BCUT2D eigenvalue weighted by molar-refractivity contribution is -0.763. The van der Waals surface area contributed by atoms with E-state index in [0.29, 0.717) is 44.9 Å². The number of amides is 1. The molecule has 0 bridgehead atoms. The van der Waals surface area contributed by atoms with E-state index in [1.165, 1.54) is 18.7 Å². The Morgan fingerprint density at radius 1 is 1.11 bits per heavy atom. The number of hydrogen-bond donors (Lipinski definition) is 1. The van der Waals surface area contributed by atoms with Crippen LogP contribution >= 0.6 is 11.8 Å². The van der Waals surface area contributed by atoms with Crippen LogP contribution in [0.25, 0.3) is 11.3 Å². The highest BCUT2D eigenvalue weighted by Crippen LogP contribution is 2.43. The molecule has 0 fully saturated rings. The molecule has 2 aromatic carbocycles. The summed E-state index contributed by atoms with van der Waals surface area (Å²) >= 11 is 1.48. The minimum absolute atomic E-state index is 0.209. The van der Waals surface area contributed by atoms with Gasteiger partial charge in [0.2, 0.25) is 11.1 Å². The summed E-state index contributed by atoms with van der Waals surface area (Å²) < 4.78 is 18.3. The maximum atomic E-state index is 13.4. The van der Waals surface area contributed by atoms with Crippen molar-refractivity contribution in [3.63, 3.8) is 0 Å². The molecule has 1 atom stereocenters. The summed E-state index contributed by atoms with van der Waals surface area (Å²) in [6.45, 7) is 3.60. The average Bonchev–Trinajstić information content (AvgIpc) is 2.86. The molecule has 0 spiro atoms. The number of aromatic amines is 1. The maximum Gasteiger partial charge on any atom is 0.325 e. The molecule has 1 amide bonds. The number of hydrogen-bond acceptors (Lipinski definition) is 7. The molecule has 0 radical (unpaired) electrons. The number of thioether (sulfide) groups is 1. The molecule has 184 valence electrons. The second-order valence-corrected chi connectivity index (χ2v) is 9.07. The molecular formula is C25H29N4O5S+. The van der Waals surface area contributed by atoms with Gasteiger partial charge in [-0.2, -0.15) is 0 Å². The molecule has 1 aliphatic rings. The fourth-order valence-electron chi connectivity index (χ4n) is 4.23. The van der Waals surface area contributed by atoms with Crippen molar-refractivity contribution in [3.8, 4) is 28.5 Å². The van der Waals surface area contributed by atoms with E-state index >= 15 is 0 Å². The summed E-state index contributed by atoms with van der Waals surface area (Å²) in [5, 5.41) is 5.30. The number of benzene rings is 2. The van der Waals surface area contributed by atoms with Gasteiger partial charge < -0.3 is 14.2 Å². The first kappa shape index (κ1) is 24.6. The zero-order valence-corrected chi connectivity index (χ0v) is 21.3. The van der Waals surface area contributed by atoms with E-state index in [0.717, 1.165) is 18.6 Å². The number of para-hydroxylation sites is 1. The number of fused-ring (bicyclic) bond motifs is 3. The first-order chi connectivity index (χ1) is 16.9. The van der Waals surface area contributed by atoms with Crippen LogP contribution in [0.4, 0.5) is 5.69 Å². The Labute approximate surface area is 208 Å². The summed E-state index contributed by atoms with van der Waals surface area (Å²) in [5.41, 5.74) is 1.92. The largest absolute Gasteiger partial charge is 0.496 e. The third-order valence-electron chi connectivity index (χ3n) is 5.85. The molecule has 1 aliphatic heterocycles. The van der Waals surface area contributed by atoms with Gasteiger partial charge in [0.1, 0.15) is 5.75 Å². The van der Waals surface area contributed by atoms with Crippen LogP contribution in [-0.4, -0.2) is 43.1 Å². The third-order valence-corrected chi connectivity index (χ3v) is 6.80. The number of carbonyl (C=O) groups excluding carboxylic acids is 1. The Hall–Kier alpha value is -3.53. The number of aromatic nitrogens is 3. The van der Waals surface area contributed by atoms with E-state index in [-0.39, 0.29) is 11.5 Å². The van der Waals surface area contributed by atoms with Crippen molar-refractivity contribution in [2.45, 2.75) is 38.0 Å². The zero-order chi connectivity index (χ0) is 25.1. The van der Waals surface area contributed by atoms with Crippen LogP contribution in [0.3, 0.4) is 0 Å². The predicted molar refractivity (Wildman–Crippen MR) is 134 cm³/mol. The van der Waals surface area contributed by atoms with Crippen molar-refractivity contribution in [1.82, 2.24) is 10.1 Å². The lowest BCUT2D eigenvalue weighted by atomic mass is 10.0. The summed E-state index contributed by atoms with van der Waals surface area (Å²) in [4.78, 5) is 31.1. The monoisotopic (exact) mass is 497 g/mol. The van der Waals surface area contributed by atoms with Gasteiger partial charge in [-0.05, 0) is 29.3 Å². The van der Waals surface area contributed by atoms with Crippen molar-refractivity contribution >= 4 is 23.4 Å². The van der Waals surface area contributed by atoms with Gasteiger partial charge in [0, 0.05) is 23.8 Å². The normalized spacial score (nSPS) is 14.2. The fraction of sp³-hybridized carbons (Fsp3) is 0.360. The lowest BCUT2D eigenvalue weighted by Crippen LogP contribution is -2.60. The Bertz CT molecular complexity index is 1310. The first-order valence-corrected chi connectivity index (χ1v) is 12.3. The third kappa shape index (κ3) is 4.45. The van der Waals surface area contributed by atoms with Gasteiger partial charge in [-0.1, -0.05) is 37.2 Å². The number of carbonyl (C=O) groups is 1. The molecule has 1 aromatic heterocycles. The Morgan fingerprint density at radius 2 is 1.80 bits per heavy atom. The van der Waals surface area contributed by atoms with E-state index in [9.17, 15) is 9.59 Å².